The molecule has 0 radical (unpaired) electrons. The van der Waals surface area contributed by atoms with E-state index < -0.39 is 11.6 Å². The summed E-state index contributed by atoms with van der Waals surface area (Å²) in [6, 6.07) is -0.390. The lowest BCUT2D eigenvalue weighted by Gasteiger charge is -2.15. The van der Waals surface area contributed by atoms with Crippen molar-refractivity contribution in [2.45, 2.75) is 38.6 Å². The molecule has 0 aliphatic carbocycles. The molecule has 0 spiro atoms. The van der Waals surface area contributed by atoms with E-state index >= 15 is 0 Å². The number of nitrogens with one attached hydrogen (secondary N) is 2. The van der Waals surface area contributed by atoms with Gasteiger partial charge in [-0.05, 0) is 33.2 Å². The summed E-state index contributed by atoms with van der Waals surface area (Å²) >= 11 is 0. The third-order valence-electron chi connectivity index (χ3n) is 2.93. The molecule has 0 aromatic rings. The molecule has 0 bridgehead atoms. The van der Waals surface area contributed by atoms with Crippen LogP contribution >= 0.6 is 12.4 Å². The monoisotopic (exact) mass is 306 g/mol. The van der Waals surface area contributed by atoms with E-state index in [0.717, 1.165) is 11.3 Å². The standard InChI is InChI=1S/C12H22N4O3.ClH/c1-12(2)10(18)16(11(19)15-12)8-3-5-9(17)14-7-4-6-13;/h3-8,13H2,1-2H3,(H,14,17)(H,15,19);1H. The Kier molecular flexibility index (Phi) is 7.52. The maximum atomic E-state index is 11.9. The zero-order valence-corrected chi connectivity index (χ0v) is 12.7. The molecule has 0 unspecified atom stereocenters. The Hall–Kier alpha value is -1.34. The Morgan fingerprint density at radius 3 is 2.50 bits per heavy atom. The fraction of sp³-hybridized carbons (Fsp3) is 0.750. The van der Waals surface area contributed by atoms with Gasteiger partial charge in [0.15, 0.2) is 0 Å². The van der Waals surface area contributed by atoms with Crippen LogP contribution in [0.1, 0.15) is 33.1 Å². The second-order valence-electron chi connectivity index (χ2n) is 5.11. The molecule has 1 saturated heterocycles. The van der Waals surface area contributed by atoms with Gasteiger partial charge in [0.25, 0.3) is 5.91 Å². The van der Waals surface area contributed by atoms with Gasteiger partial charge in [0.2, 0.25) is 5.91 Å². The average molecular weight is 307 g/mol. The Morgan fingerprint density at radius 1 is 1.35 bits per heavy atom. The Labute approximate surface area is 125 Å². The van der Waals surface area contributed by atoms with Gasteiger partial charge in [0.05, 0.1) is 0 Å². The van der Waals surface area contributed by atoms with E-state index in [1.807, 2.05) is 0 Å². The van der Waals surface area contributed by atoms with Crippen molar-refractivity contribution < 1.29 is 14.4 Å². The fourth-order valence-electron chi connectivity index (χ4n) is 1.84. The topological polar surface area (TPSA) is 105 Å². The molecule has 1 rings (SSSR count). The highest BCUT2D eigenvalue weighted by Crippen LogP contribution is 2.16. The van der Waals surface area contributed by atoms with Crippen LogP contribution in [0.2, 0.25) is 0 Å². The first-order valence-electron chi connectivity index (χ1n) is 6.49. The van der Waals surface area contributed by atoms with Crippen LogP contribution in [0.3, 0.4) is 0 Å². The summed E-state index contributed by atoms with van der Waals surface area (Å²) in [6.45, 7) is 4.68. The Balaban J connectivity index is 0.00000361. The van der Waals surface area contributed by atoms with Gasteiger partial charge in [0, 0.05) is 19.5 Å². The quantitative estimate of drug-likeness (QED) is 0.454. The summed E-state index contributed by atoms with van der Waals surface area (Å²) in [6.07, 6.45) is 1.50. The molecule has 7 nitrogen and oxygen atoms in total. The van der Waals surface area contributed by atoms with Crippen molar-refractivity contribution in [2.75, 3.05) is 19.6 Å². The van der Waals surface area contributed by atoms with Crippen LogP contribution in [0.5, 0.6) is 0 Å². The molecule has 1 fully saturated rings. The second kappa shape index (κ2) is 8.06. The van der Waals surface area contributed by atoms with Gasteiger partial charge in [-0.3, -0.25) is 14.5 Å². The number of halogens is 1. The van der Waals surface area contributed by atoms with Gasteiger partial charge in [-0.25, -0.2) is 4.79 Å². The van der Waals surface area contributed by atoms with Crippen LogP contribution in [0.4, 0.5) is 4.79 Å². The van der Waals surface area contributed by atoms with Crippen LogP contribution in [0.25, 0.3) is 0 Å². The highest BCUT2D eigenvalue weighted by molar-refractivity contribution is 6.06. The van der Waals surface area contributed by atoms with Crippen LogP contribution in [-0.4, -0.2) is 47.9 Å². The van der Waals surface area contributed by atoms with E-state index in [-0.39, 0.29) is 30.8 Å². The number of amides is 4. The maximum Gasteiger partial charge on any atom is 0.325 e. The van der Waals surface area contributed by atoms with Gasteiger partial charge in [-0.2, -0.15) is 0 Å². The Morgan fingerprint density at radius 2 is 2.00 bits per heavy atom. The highest BCUT2D eigenvalue weighted by atomic mass is 35.5. The Bertz CT molecular complexity index is 374. The number of nitrogens with two attached hydrogens (primary N) is 1. The smallest absolute Gasteiger partial charge is 0.325 e. The van der Waals surface area contributed by atoms with Gasteiger partial charge < -0.3 is 16.4 Å². The third kappa shape index (κ3) is 4.97. The summed E-state index contributed by atoms with van der Waals surface area (Å²) in [5.41, 5.74) is 4.47. The van der Waals surface area contributed by atoms with Gasteiger partial charge >= 0.3 is 6.03 Å². The van der Waals surface area contributed by atoms with E-state index in [0.29, 0.717) is 25.9 Å². The first-order chi connectivity index (χ1) is 8.88. The molecule has 116 valence electrons. The minimum absolute atomic E-state index is 0. The lowest BCUT2D eigenvalue weighted by Crippen LogP contribution is -2.40. The number of imide groups is 1. The molecule has 1 aliphatic rings. The zero-order chi connectivity index (χ0) is 14.5. The predicted octanol–water partition coefficient (Wildman–Crippen LogP) is -0.0162. The molecule has 20 heavy (non-hydrogen) atoms. The number of urea groups is 1. The van der Waals surface area contributed by atoms with E-state index in [1.54, 1.807) is 13.8 Å². The zero-order valence-electron chi connectivity index (χ0n) is 11.9. The van der Waals surface area contributed by atoms with Crippen molar-refractivity contribution >= 4 is 30.3 Å². The molecular weight excluding hydrogens is 284 g/mol. The second-order valence-corrected chi connectivity index (χ2v) is 5.11. The van der Waals surface area contributed by atoms with Gasteiger partial charge in [0.1, 0.15) is 5.54 Å². The van der Waals surface area contributed by atoms with E-state index in [9.17, 15) is 14.4 Å². The van der Waals surface area contributed by atoms with Crippen molar-refractivity contribution in [3.8, 4) is 0 Å². The number of rotatable bonds is 7. The minimum atomic E-state index is -0.847. The first-order valence-corrected chi connectivity index (χ1v) is 6.49. The largest absolute Gasteiger partial charge is 0.356 e. The number of carbonyl (C=O) groups excluding carboxylic acids is 3. The van der Waals surface area contributed by atoms with E-state index in [1.165, 1.54) is 0 Å². The summed E-state index contributed by atoms with van der Waals surface area (Å²) in [5.74, 6) is -0.333. The van der Waals surface area contributed by atoms with E-state index in [4.69, 9.17) is 5.73 Å². The summed E-state index contributed by atoms with van der Waals surface area (Å²) < 4.78 is 0. The molecular formula is C12H23ClN4O3. The summed E-state index contributed by atoms with van der Waals surface area (Å²) in [4.78, 5) is 36.0. The SMILES string of the molecule is CC1(C)NC(=O)N(CCCC(=O)NCCCN)C1=O.Cl. The van der Waals surface area contributed by atoms with Crippen LogP contribution in [-0.2, 0) is 9.59 Å². The molecule has 4 N–H and O–H groups in total. The molecule has 1 heterocycles. The first kappa shape index (κ1) is 18.7. The number of nitrogens with zero attached hydrogens (tertiary/aromatic N) is 1. The van der Waals surface area contributed by atoms with Crippen molar-refractivity contribution in [3.63, 3.8) is 0 Å². The molecule has 8 heteroatoms. The fourth-order valence-corrected chi connectivity index (χ4v) is 1.84. The number of carbonyl (C=O) groups is 3. The minimum Gasteiger partial charge on any atom is -0.356 e. The molecule has 0 aromatic heterocycles. The van der Waals surface area contributed by atoms with Crippen molar-refractivity contribution in [3.05, 3.63) is 0 Å². The average Bonchev–Trinajstić information content (AvgIpc) is 2.51. The maximum absolute atomic E-state index is 11.9. The molecule has 0 saturated carbocycles. The number of hydrogen-bond acceptors (Lipinski definition) is 4. The van der Waals surface area contributed by atoms with Crippen molar-refractivity contribution in [1.29, 1.82) is 0 Å². The molecule has 1 aliphatic heterocycles. The summed E-state index contributed by atoms with van der Waals surface area (Å²) in [5, 5.41) is 5.32. The van der Waals surface area contributed by atoms with Crippen LogP contribution in [0.15, 0.2) is 0 Å². The lowest BCUT2D eigenvalue weighted by molar-refractivity contribution is -0.130. The van der Waals surface area contributed by atoms with Gasteiger partial charge in [-0.15, -0.1) is 12.4 Å². The summed E-state index contributed by atoms with van der Waals surface area (Å²) in [7, 11) is 0. The molecule has 0 atom stereocenters. The third-order valence-corrected chi connectivity index (χ3v) is 2.93. The van der Waals surface area contributed by atoms with Crippen molar-refractivity contribution in [2.24, 2.45) is 5.73 Å². The van der Waals surface area contributed by atoms with Crippen molar-refractivity contribution in [1.82, 2.24) is 15.5 Å². The van der Waals surface area contributed by atoms with Gasteiger partial charge in [-0.1, -0.05) is 0 Å². The molecule has 0 aromatic carbocycles. The van der Waals surface area contributed by atoms with Crippen LogP contribution < -0.4 is 16.4 Å². The number of hydrogen-bond donors (Lipinski definition) is 3. The predicted molar refractivity (Wildman–Crippen MR) is 77.5 cm³/mol. The molecule has 4 amide bonds. The normalized spacial score (nSPS) is 16.6. The van der Waals surface area contributed by atoms with E-state index in [2.05, 4.69) is 10.6 Å². The lowest BCUT2D eigenvalue weighted by atomic mass is 10.1. The van der Waals surface area contributed by atoms with Crippen LogP contribution in [0, 0.1) is 0 Å². The highest BCUT2D eigenvalue weighted by Gasteiger charge is 2.43.